The maximum atomic E-state index is 12.7. The number of fused-ring (bicyclic) bond motifs is 3. The molecule has 1 N–H and O–H groups in total. The molecular formula is C16H17NO3S2. The van der Waals surface area contributed by atoms with Gasteiger partial charge in [-0.15, -0.1) is 0 Å². The molecule has 0 bridgehead atoms. The summed E-state index contributed by atoms with van der Waals surface area (Å²) < 4.78 is 37.4. The highest BCUT2D eigenvalue weighted by atomic mass is 32.2. The predicted octanol–water partition coefficient (Wildman–Crippen LogP) is 2.05. The van der Waals surface area contributed by atoms with Gasteiger partial charge in [0.25, 0.3) is 0 Å². The van der Waals surface area contributed by atoms with Crippen LogP contribution in [0.25, 0.3) is 11.1 Å². The van der Waals surface area contributed by atoms with Gasteiger partial charge in [0.15, 0.2) is 5.25 Å². The minimum atomic E-state index is -3.25. The van der Waals surface area contributed by atoms with Crippen LogP contribution in [-0.4, -0.2) is 31.5 Å². The van der Waals surface area contributed by atoms with E-state index in [4.69, 9.17) is 0 Å². The van der Waals surface area contributed by atoms with Crippen LogP contribution in [0.2, 0.25) is 0 Å². The third kappa shape index (κ3) is 3.05. The molecule has 0 fully saturated rings. The number of hydrogen-bond acceptors (Lipinski definition) is 3. The first-order valence-electron chi connectivity index (χ1n) is 6.97. The third-order valence-corrected chi connectivity index (χ3v) is 6.08. The van der Waals surface area contributed by atoms with E-state index in [1.54, 1.807) is 0 Å². The number of benzene rings is 2. The highest BCUT2D eigenvalue weighted by Gasteiger charge is 2.36. The lowest BCUT2D eigenvalue weighted by Gasteiger charge is -2.19. The van der Waals surface area contributed by atoms with Gasteiger partial charge in [0, 0.05) is 11.1 Å². The SMILES string of the molecule is CS(=O)(=O)NCC[S+]([O-])C1c2ccccc2-c2ccccc21. The van der Waals surface area contributed by atoms with Crippen LogP contribution < -0.4 is 4.72 Å². The molecular weight excluding hydrogens is 318 g/mol. The fourth-order valence-corrected chi connectivity index (χ4v) is 4.96. The number of nitrogens with one attached hydrogen (secondary N) is 1. The lowest BCUT2D eigenvalue weighted by molar-refractivity contribution is 0.582. The molecule has 1 atom stereocenters. The molecule has 1 unspecified atom stereocenters. The summed E-state index contributed by atoms with van der Waals surface area (Å²) in [6.45, 7) is 0.187. The molecule has 0 spiro atoms. The van der Waals surface area contributed by atoms with Crippen LogP contribution in [0.1, 0.15) is 16.4 Å². The second kappa shape index (κ2) is 6.04. The Balaban J connectivity index is 1.87. The number of rotatable bonds is 5. The quantitative estimate of drug-likeness (QED) is 0.850. The number of hydrogen-bond donors (Lipinski definition) is 1. The summed E-state index contributed by atoms with van der Waals surface area (Å²) in [7, 11) is -3.25. The molecule has 3 rings (SSSR count). The van der Waals surface area contributed by atoms with Crippen molar-refractivity contribution >= 4 is 21.2 Å². The summed E-state index contributed by atoms with van der Waals surface area (Å²) in [5.74, 6) is 0.292. The van der Waals surface area contributed by atoms with Crippen molar-refractivity contribution in [3.63, 3.8) is 0 Å². The molecule has 2 aromatic carbocycles. The standard InChI is InChI=1S/C16H17NO3S2/c1-22(19,20)17-10-11-21(18)16-14-8-4-2-6-12(14)13-7-3-5-9-15(13)16/h2-9,16-17H,10-11H2,1H3. The molecule has 0 saturated carbocycles. The fourth-order valence-electron chi connectivity index (χ4n) is 2.84. The molecule has 22 heavy (non-hydrogen) atoms. The van der Waals surface area contributed by atoms with Crippen molar-refractivity contribution in [2.24, 2.45) is 0 Å². The van der Waals surface area contributed by atoms with E-state index in [0.29, 0.717) is 5.75 Å². The average molecular weight is 335 g/mol. The Bertz CT molecular complexity index is 744. The van der Waals surface area contributed by atoms with E-state index in [1.807, 2.05) is 48.5 Å². The Morgan fingerprint density at radius 3 is 2.05 bits per heavy atom. The van der Waals surface area contributed by atoms with Crippen LogP contribution in [0.5, 0.6) is 0 Å². The zero-order valence-corrected chi connectivity index (χ0v) is 13.8. The van der Waals surface area contributed by atoms with Crippen molar-refractivity contribution in [3.8, 4) is 11.1 Å². The highest BCUT2D eigenvalue weighted by Crippen LogP contribution is 2.47. The first-order valence-corrected chi connectivity index (χ1v) is 10.2. The maximum absolute atomic E-state index is 12.7. The van der Waals surface area contributed by atoms with Crippen LogP contribution in [0.15, 0.2) is 48.5 Å². The summed E-state index contributed by atoms with van der Waals surface area (Å²) in [5, 5.41) is -0.186. The van der Waals surface area contributed by atoms with Gasteiger partial charge in [0.1, 0.15) is 5.75 Å². The van der Waals surface area contributed by atoms with Crippen molar-refractivity contribution in [2.45, 2.75) is 5.25 Å². The van der Waals surface area contributed by atoms with E-state index < -0.39 is 21.2 Å². The van der Waals surface area contributed by atoms with Crippen molar-refractivity contribution in [2.75, 3.05) is 18.6 Å². The molecule has 2 aromatic rings. The molecule has 1 aliphatic rings. The Hall–Kier alpha value is -1.34. The molecule has 0 aliphatic heterocycles. The van der Waals surface area contributed by atoms with Crippen LogP contribution >= 0.6 is 0 Å². The van der Waals surface area contributed by atoms with Gasteiger partial charge >= 0.3 is 0 Å². The predicted molar refractivity (Wildman–Crippen MR) is 89.6 cm³/mol. The molecule has 0 saturated heterocycles. The second-order valence-corrected chi connectivity index (χ2v) is 8.78. The Labute approximate surface area is 133 Å². The van der Waals surface area contributed by atoms with Crippen LogP contribution in [0, 0.1) is 0 Å². The van der Waals surface area contributed by atoms with Crippen LogP contribution in [0.3, 0.4) is 0 Å². The van der Waals surface area contributed by atoms with Gasteiger partial charge in [-0.05, 0) is 22.3 Å². The minimum absolute atomic E-state index is 0.186. The van der Waals surface area contributed by atoms with Gasteiger partial charge in [0.05, 0.1) is 12.8 Å². The van der Waals surface area contributed by atoms with Gasteiger partial charge in [-0.3, -0.25) is 0 Å². The molecule has 1 aliphatic carbocycles. The van der Waals surface area contributed by atoms with Gasteiger partial charge in [0.2, 0.25) is 10.0 Å². The zero-order chi connectivity index (χ0) is 15.7. The van der Waals surface area contributed by atoms with Gasteiger partial charge < -0.3 is 4.55 Å². The first kappa shape index (κ1) is 15.6. The molecule has 0 amide bonds. The zero-order valence-electron chi connectivity index (χ0n) is 12.2. The molecule has 0 heterocycles. The monoisotopic (exact) mass is 335 g/mol. The Morgan fingerprint density at radius 2 is 1.55 bits per heavy atom. The van der Waals surface area contributed by atoms with Crippen LogP contribution in [0.4, 0.5) is 0 Å². The van der Waals surface area contributed by atoms with E-state index in [0.717, 1.165) is 28.5 Å². The van der Waals surface area contributed by atoms with Crippen molar-refractivity contribution in [1.82, 2.24) is 4.72 Å². The summed E-state index contributed by atoms with van der Waals surface area (Å²) in [6, 6.07) is 15.9. The van der Waals surface area contributed by atoms with E-state index in [2.05, 4.69) is 4.72 Å². The topological polar surface area (TPSA) is 69.2 Å². The van der Waals surface area contributed by atoms with E-state index >= 15 is 0 Å². The smallest absolute Gasteiger partial charge is 0.208 e. The maximum Gasteiger partial charge on any atom is 0.208 e. The summed E-state index contributed by atoms with van der Waals surface area (Å²) in [4.78, 5) is 0. The molecule has 116 valence electrons. The van der Waals surface area contributed by atoms with Crippen molar-refractivity contribution in [1.29, 1.82) is 0 Å². The molecule has 4 nitrogen and oxygen atoms in total. The molecule has 0 aromatic heterocycles. The third-order valence-electron chi connectivity index (χ3n) is 3.71. The highest BCUT2D eigenvalue weighted by molar-refractivity contribution is 7.92. The van der Waals surface area contributed by atoms with Gasteiger partial charge in [-0.25, -0.2) is 13.1 Å². The first-order chi connectivity index (χ1) is 10.5. The fraction of sp³-hybridized carbons (Fsp3) is 0.250. The van der Waals surface area contributed by atoms with Crippen molar-refractivity contribution in [3.05, 3.63) is 59.7 Å². The van der Waals surface area contributed by atoms with Crippen molar-refractivity contribution < 1.29 is 13.0 Å². The largest absolute Gasteiger partial charge is 0.616 e. The summed E-state index contributed by atoms with van der Waals surface area (Å²) >= 11 is -1.18. The Kier molecular flexibility index (Phi) is 4.27. The minimum Gasteiger partial charge on any atom is -0.616 e. The lowest BCUT2D eigenvalue weighted by Crippen LogP contribution is -2.29. The van der Waals surface area contributed by atoms with Gasteiger partial charge in [-0.2, -0.15) is 0 Å². The van der Waals surface area contributed by atoms with Gasteiger partial charge in [-0.1, -0.05) is 48.5 Å². The molecule has 6 heteroatoms. The van der Waals surface area contributed by atoms with E-state index in [9.17, 15) is 13.0 Å². The Morgan fingerprint density at radius 1 is 1.05 bits per heavy atom. The second-order valence-electron chi connectivity index (χ2n) is 5.31. The normalized spacial score (nSPS) is 15.4. The number of sulfonamides is 1. The summed E-state index contributed by atoms with van der Waals surface area (Å²) in [6.07, 6.45) is 1.11. The summed E-state index contributed by atoms with van der Waals surface area (Å²) in [5.41, 5.74) is 4.35. The average Bonchev–Trinajstić information content (AvgIpc) is 2.80. The molecule has 0 radical (unpaired) electrons. The van der Waals surface area contributed by atoms with E-state index in [1.165, 1.54) is 0 Å². The van der Waals surface area contributed by atoms with E-state index in [-0.39, 0.29) is 11.8 Å². The lowest BCUT2D eigenvalue weighted by atomic mass is 10.1. The van der Waals surface area contributed by atoms with Crippen LogP contribution in [-0.2, 0) is 21.2 Å².